The quantitative estimate of drug-likeness (QED) is 0.718. The van der Waals surface area contributed by atoms with E-state index in [0.717, 1.165) is 11.3 Å². The normalized spacial score (nSPS) is 16.1. The van der Waals surface area contributed by atoms with E-state index in [-0.39, 0.29) is 38.5 Å². The molecule has 2 aromatic rings. The molecule has 1 aliphatic rings. The number of halogens is 4. The maximum atomic E-state index is 13.1. The van der Waals surface area contributed by atoms with Crippen LogP contribution in [0.1, 0.15) is 5.56 Å². The van der Waals surface area contributed by atoms with Gasteiger partial charge in [-0.05, 0) is 29.8 Å². The van der Waals surface area contributed by atoms with Gasteiger partial charge >= 0.3 is 12.3 Å². The average molecular weight is 383 g/mol. The lowest BCUT2D eigenvalue weighted by Gasteiger charge is -2.36. The molecule has 0 bridgehead atoms. The van der Waals surface area contributed by atoms with Crippen LogP contribution in [0.3, 0.4) is 0 Å². The Kier molecular flexibility index (Phi) is 5.84. The predicted molar refractivity (Wildman–Crippen MR) is 93.4 cm³/mol. The minimum absolute atomic E-state index is 0.0935. The molecule has 1 aromatic carbocycles. The summed E-state index contributed by atoms with van der Waals surface area (Å²) in [4.78, 5) is 15.3. The highest BCUT2D eigenvalue weighted by atomic mass is 19.3. The van der Waals surface area contributed by atoms with E-state index < -0.39 is 18.9 Å². The largest absolute Gasteiger partial charge is 0.340 e. The molecule has 4 nitrogen and oxygen atoms in total. The number of amides is 1. The van der Waals surface area contributed by atoms with Crippen LogP contribution in [0.4, 0.5) is 17.6 Å². The molecule has 0 atom stereocenters. The van der Waals surface area contributed by atoms with Crippen molar-refractivity contribution in [3.8, 4) is 5.69 Å². The first kappa shape index (κ1) is 19.4. The van der Waals surface area contributed by atoms with Crippen molar-refractivity contribution in [3.63, 3.8) is 0 Å². The van der Waals surface area contributed by atoms with Crippen LogP contribution in [0.2, 0.25) is 0 Å². The van der Waals surface area contributed by atoms with E-state index in [1.54, 1.807) is 4.90 Å². The molecule has 0 spiro atoms. The Balaban J connectivity index is 1.50. The van der Waals surface area contributed by atoms with Crippen molar-refractivity contribution in [1.29, 1.82) is 0 Å². The van der Waals surface area contributed by atoms with E-state index in [2.05, 4.69) is 0 Å². The first-order valence-corrected chi connectivity index (χ1v) is 8.73. The van der Waals surface area contributed by atoms with E-state index >= 15 is 0 Å². The minimum atomic E-state index is -4.02. The number of hydrogen-bond acceptors (Lipinski definition) is 2. The maximum absolute atomic E-state index is 13.1. The van der Waals surface area contributed by atoms with Gasteiger partial charge in [0, 0.05) is 44.3 Å². The van der Waals surface area contributed by atoms with Crippen LogP contribution >= 0.6 is 0 Å². The number of alkyl halides is 4. The molecule has 0 unspecified atom stereocenters. The van der Waals surface area contributed by atoms with Crippen molar-refractivity contribution in [2.45, 2.75) is 18.8 Å². The molecule has 0 radical (unpaired) electrons. The molecule has 1 saturated heterocycles. The fraction of sp³-hybridized carbons (Fsp3) is 0.421. The summed E-state index contributed by atoms with van der Waals surface area (Å²) < 4.78 is 52.8. The van der Waals surface area contributed by atoms with Gasteiger partial charge in [0.25, 0.3) is 0 Å². The van der Waals surface area contributed by atoms with Gasteiger partial charge in [0.2, 0.25) is 5.91 Å². The van der Waals surface area contributed by atoms with Crippen molar-refractivity contribution in [2.24, 2.45) is 0 Å². The Morgan fingerprint density at radius 2 is 1.59 bits per heavy atom. The number of carbonyl (C=O) groups excluding carboxylic acids is 1. The number of benzene rings is 1. The van der Waals surface area contributed by atoms with Gasteiger partial charge in [-0.2, -0.15) is 8.78 Å². The van der Waals surface area contributed by atoms with Crippen LogP contribution in [0.15, 0.2) is 48.8 Å². The SMILES string of the molecule is O=C(Cc1ccc(-n2cccc2)cc1)N1CCN(CC(F)(F)C(F)F)CC1. The van der Waals surface area contributed by atoms with Gasteiger partial charge in [-0.15, -0.1) is 0 Å². The fourth-order valence-corrected chi connectivity index (χ4v) is 3.10. The molecular formula is C19H21F4N3O. The molecule has 1 fully saturated rings. The van der Waals surface area contributed by atoms with Crippen molar-refractivity contribution in [3.05, 3.63) is 54.4 Å². The Hall–Kier alpha value is -2.35. The molecule has 1 amide bonds. The van der Waals surface area contributed by atoms with E-state index in [1.165, 1.54) is 4.90 Å². The van der Waals surface area contributed by atoms with Crippen molar-refractivity contribution in [1.82, 2.24) is 14.4 Å². The summed E-state index contributed by atoms with van der Waals surface area (Å²) in [5.74, 6) is -4.11. The zero-order valence-electron chi connectivity index (χ0n) is 14.7. The Morgan fingerprint density at radius 1 is 1.00 bits per heavy atom. The van der Waals surface area contributed by atoms with Crippen molar-refractivity contribution < 1.29 is 22.4 Å². The first-order chi connectivity index (χ1) is 12.8. The zero-order chi connectivity index (χ0) is 19.4. The molecule has 3 rings (SSSR count). The number of hydrogen-bond donors (Lipinski definition) is 0. The standard InChI is InChI=1S/C19H21F4N3O/c20-18(21)19(22,23)14-24-9-11-26(12-10-24)17(27)13-15-3-5-16(6-4-15)25-7-1-2-8-25/h1-8,18H,9-14H2. The second-order valence-corrected chi connectivity index (χ2v) is 6.65. The molecule has 0 aliphatic carbocycles. The number of aromatic nitrogens is 1. The average Bonchev–Trinajstić information content (AvgIpc) is 3.17. The number of nitrogens with zero attached hydrogens (tertiary/aromatic N) is 3. The maximum Gasteiger partial charge on any atom is 0.319 e. The molecule has 8 heteroatoms. The van der Waals surface area contributed by atoms with Gasteiger partial charge in [0.1, 0.15) is 0 Å². The summed E-state index contributed by atoms with van der Waals surface area (Å²) in [5.41, 5.74) is 1.85. The zero-order valence-corrected chi connectivity index (χ0v) is 14.7. The lowest BCUT2D eigenvalue weighted by atomic mass is 10.1. The van der Waals surface area contributed by atoms with Crippen molar-refractivity contribution in [2.75, 3.05) is 32.7 Å². The van der Waals surface area contributed by atoms with Crippen LogP contribution in [0.25, 0.3) is 5.69 Å². The third-order valence-electron chi connectivity index (χ3n) is 4.67. The predicted octanol–water partition coefficient (Wildman–Crippen LogP) is 3.06. The summed E-state index contributed by atoms with van der Waals surface area (Å²) in [6, 6.07) is 11.5. The molecule has 146 valence electrons. The lowest BCUT2D eigenvalue weighted by Crippen LogP contribution is -2.53. The third-order valence-corrected chi connectivity index (χ3v) is 4.67. The van der Waals surface area contributed by atoms with E-state index in [4.69, 9.17) is 0 Å². The van der Waals surface area contributed by atoms with Crippen molar-refractivity contribution >= 4 is 5.91 Å². The summed E-state index contributed by atoms with van der Waals surface area (Å²) in [6.07, 6.45) is 0.403. The first-order valence-electron chi connectivity index (χ1n) is 8.73. The van der Waals surface area contributed by atoms with Gasteiger partial charge in [-0.25, -0.2) is 8.78 Å². The van der Waals surface area contributed by atoms with Gasteiger partial charge in [-0.3, -0.25) is 9.69 Å². The van der Waals surface area contributed by atoms with E-state index in [0.29, 0.717) is 0 Å². The third kappa shape index (κ3) is 4.88. The molecule has 1 aliphatic heterocycles. The summed E-state index contributed by atoms with van der Waals surface area (Å²) in [5, 5.41) is 0. The second kappa shape index (κ2) is 8.12. The molecule has 1 aromatic heterocycles. The van der Waals surface area contributed by atoms with Gasteiger partial charge in [0.15, 0.2) is 0 Å². The highest BCUT2D eigenvalue weighted by Gasteiger charge is 2.42. The monoisotopic (exact) mass is 383 g/mol. The van der Waals surface area contributed by atoms with Crippen LogP contribution in [-0.2, 0) is 11.2 Å². The van der Waals surface area contributed by atoms with Gasteiger partial charge in [-0.1, -0.05) is 12.1 Å². The summed E-state index contributed by atoms with van der Waals surface area (Å²) in [6.45, 7) is -0.117. The molecule has 0 N–H and O–H groups in total. The van der Waals surface area contributed by atoms with Crippen LogP contribution < -0.4 is 0 Å². The number of rotatable bonds is 6. The van der Waals surface area contributed by atoms with E-state index in [1.807, 2.05) is 53.4 Å². The Labute approximate surface area is 155 Å². The Morgan fingerprint density at radius 3 is 2.15 bits per heavy atom. The topological polar surface area (TPSA) is 28.5 Å². The molecule has 0 saturated carbocycles. The molecular weight excluding hydrogens is 362 g/mol. The number of piperazine rings is 1. The minimum Gasteiger partial charge on any atom is -0.340 e. The van der Waals surface area contributed by atoms with E-state index in [9.17, 15) is 22.4 Å². The highest BCUT2D eigenvalue weighted by molar-refractivity contribution is 5.79. The lowest BCUT2D eigenvalue weighted by molar-refractivity contribution is -0.148. The van der Waals surface area contributed by atoms with Gasteiger partial charge < -0.3 is 9.47 Å². The molecule has 2 heterocycles. The summed E-state index contributed by atoms with van der Waals surface area (Å²) >= 11 is 0. The highest BCUT2D eigenvalue weighted by Crippen LogP contribution is 2.24. The fourth-order valence-electron chi connectivity index (χ4n) is 3.10. The smallest absolute Gasteiger partial charge is 0.319 e. The molecule has 27 heavy (non-hydrogen) atoms. The second-order valence-electron chi connectivity index (χ2n) is 6.65. The van der Waals surface area contributed by atoms with Crippen LogP contribution in [-0.4, -0.2) is 65.3 Å². The summed E-state index contributed by atoms with van der Waals surface area (Å²) in [7, 11) is 0. The van der Waals surface area contributed by atoms with Crippen LogP contribution in [0.5, 0.6) is 0 Å². The number of carbonyl (C=O) groups is 1. The van der Waals surface area contributed by atoms with Crippen LogP contribution in [0, 0.1) is 0 Å². The van der Waals surface area contributed by atoms with Gasteiger partial charge in [0.05, 0.1) is 13.0 Å². The Bertz CT molecular complexity index is 739.